The summed E-state index contributed by atoms with van der Waals surface area (Å²) in [5.41, 5.74) is 1.99. The Balaban J connectivity index is 1.98. The van der Waals surface area contributed by atoms with Crippen LogP contribution in [0.3, 0.4) is 0 Å². The van der Waals surface area contributed by atoms with E-state index in [4.69, 9.17) is 4.74 Å². The van der Waals surface area contributed by atoms with Gasteiger partial charge in [0, 0.05) is 37.6 Å². The van der Waals surface area contributed by atoms with Crippen molar-refractivity contribution in [3.8, 4) is 0 Å². The van der Waals surface area contributed by atoms with Gasteiger partial charge in [-0.1, -0.05) is 6.92 Å². The van der Waals surface area contributed by atoms with Crippen molar-refractivity contribution in [1.29, 1.82) is 0 Å². The van der Waals surface area contributed by atoms with Gasteiger partial charge in [-0.25, -0.2) is 4.79 Å². The number of nitrogens with one attached hydrogen (secondary N) is 1. The van der Waals surface area contributed by atoms with Gasteiger partial charge in [0.1, 0.15) is 0 Å². The second-order valence-electron chi connectivity index (χ2n) is 6.51. The number of carbonyl (C=O) groups is 1. The average molecular weight is 319 g/mol. The molecule has 23 heavy (non-hydrogen) atoms. The van der Waals surface area contributed by atoms with Gasteiger partial charge in [0.25, 0.3) is 0 Å². The number of anilines is 2. The van der Waals surface area contributed by atoms with Crippen LogP contribution in [0.15, 0.2) is 24.3 Å². The number of ether oxygens (including phenoxy) is 1. The second kappa shape index (κ2) is 7.68. The van der Waals surface area contributed by atoms with Gasteiger partial charge in [-0.2, -0.15) is 0 Å². The first-order chi connectivity index (χ1) is 10.9. The maximum absolute atomic E-state index is 12.2. The molecular formula is C18H29N3O2. The summed E-state index contributed by atoms with van der Waals surface area (Å²) in [7, 11) is 1.83. The van der Waals surface area contributed by atoms with E-state index in [-0.39, 0.29) is 24.3 Å². The maximum atomic E-state index is 12.2. The van der Waals surface area contributed by atoms with Crippen LogP contribution in [0.5, 0.6) is 0 Å². The summed E-state index contributed by atoms with van der Waals surface area (Å²) in [5.74, 6) is 0. The van der Waals surface area contributed by atoms with E-state index in [9.17, 15) is 4.79 Å². The minimum Gasteiger partial charge on any atom is -0.372 e. The van der Waals surface area contributed by atoms with Gasteiger partial charge in [-0.3, -0.25) is 0 Å². The number of benzene rings is 1. The average Bonchev–Trinajstić information content (AvgIpc) is 2.53. The lowest BCUT2D eigenvalue weighted by Crippen LogP contribution is -2.45. The molecule has 1 aliphatic heterocycles. The predicted octanol–water partition coefficient (Wildman–Crippen LogP) is 3.56. The lowest BCUT2D eigenvalue weighted by atomic mass is 10.2. The van der Waals surface area contributed by atoms with Crippen LogP contribution in [-0.2, 0) is 4.74 Å². The van der Waals surface area contributed by atoms with E-state index < -0.39 is 0 Å². The van der Waals surface area contributed by atoms with Crippen molar-refractivity contribution < 1.29 is 9.53 Å². The van der Waals surface area contributed by atoms with Crippen LogP contribution >= 0.6 is 0 Å². The fraction of sp³-hybridized carbons (Fsp3) is 0.611. The normalized spacial score (nSPS) is 22.6. The highest BCUT2D eigenvalue weighted by Crippen LogP contribution is 2.22. The van der Waals surface area contributed by atoms with E-state index >= 15 is 0 Å². The molecule has 1 saturated heterocycles. The molecule has 1 N–H and O–H groups in total. The Morgan fingerprint density at radius 3 is 2.39 bits per heavy atom. The molecule has 2 rings (SSSR count). The molecule has 0 saturated carbocycles. The van der Waals surface area contributed by atoms with Crippen LogP contribution < -0.4 is 10.2 Å². The minimum atomic E-state index is -0.0688. The molecule has 5 heteroatoms. The van der Waals surface area contributed by atoms with Crippen molar-refractivity contribution in [2.75, 3.05) is 30.4 Å². The van der Waals surface area contributed by atoms with E-state index in [1.807, 2.05) is 26.1 Å². The molecule has 0 aromatic heterocycles. The molecule has 0 bridgehead atoms. The van der Waals surface area contributed by atoms with Gasteiger partial charge in [-0.15, -0.1) is 0 Å². The first kappa shape index (κ1) is 17.6. The zero-order valence-electron chi connectivity index (χ0n) is 14.9. The van der Waals surface area contributed by atoms with Gasteiger partial charge in [-0.05, 0) is 51.5 Å². The molecule has 128 valence electrons. The lowest BCUT2D eigenvalue weighted by molar-refractivity contribution is -0.00521. The van der Waals surface area contributed by atoms with E-state index in [1.165, 1.54) is 5.69 Å². The molecule has 5 nitrogen and oxygen atoms in total. The Morgan fingerprint density at radius 2 is 1.87 bits per heavy atom. The summed E-state index contributed by atoms with van der Waals surface area (Å²) in [5, 5.41) is 2.95. The van der Waals surface area contributed by atoms with Gasteiger partial charge in [0.05, 0.1) is 12.2 Å². The smallest absolute Gasteiger partial charge is 0.321 e. The molecule has 3 atom stereocenters. The Hall–Kier alpha value is -1.75. The Morgan fingerprint density at radius 1 is 1.30 bits per heavy atom. The van der Waals surface area contributed by atoms with Crippen molar-refractivity contribution in [2.24, 2.45) is 0 Å². The third-order valence-corrected chi connectivity index (χ3v) is 4.48. The number of hydrogen-bond acceptors (Lipinski definition) is 3. The van der Waals surface area contributed by atoms with Crippen LogP contribution in [0.1, 0.15) is 34.1 Å². The van der Waals surface area contributed by atoms with Crippen LogP contribution in [0.4, 0.5) is 16.2 Å². The number of carbonyl (C=O) groups excluding carboxylic acids is 1. The van der Waals surface area contributed by atoms with E-state index in [2.05, 4.69) is 43.1 Å². The highest BCUT2D eigenvalue weighted by Gasteiger charge is 2.22. The molecule has 0 radical (unpaired) electrons. The number of amides is 2. The van der Waals surface area contributed by atoms with Crippen LogP contribution in [0, 0.1) is 0 Å². The quantitative estimate of drug-likeness (QED) is 0.923. The number of morpholine rings is 1. The summed E-state index contributed by atoms with van der Waals surface area (Å²) >= 11 is 0. The highest BCUT2D eigenvalue weighted by atomic mass is 16.5. The molecule has 0 aliphatic carbocycles. The SMILES string of the molecule is CCC(C)N(C)C(=O)Nc1ccc(N2CC(C)OC(C)C2)cc1. The summed E-state index contributed by atoms with van der Waals surface area (Å²) in [6, 6.07) is 8.20. The standard InChI is InChI=1S/C18H29N3O2/c1-6-13(2)20(5)18(22)19-16-7-9-17(10-8-16)21-11-14(3)23-15(4)12-21/h7-10,13-15H,6,11-12H2,1-5H3,(H,19,22). The van der Waals surface area contributed by atoms with Crippen LogP contribution in [-0.4, -0.2) is 49.3 Å². The molecule has 1 fully saturated rings. The largest absolute Gasteiger partial charge is 0.372 e. The lowest BCUT2D eigenvalue weighted by Gasteiger charge is -2.36. The Bertz CT molecular complexity index is 508. The summed E-state index contributed by atoms with van der Waals surface area (Å²) in [6.07, 6.45) is 1.42. The molecule has 1 heterocycles. The first-order valence-electron chi connectivity index (χ1n) is 8.45. The minimum absolute atomic E-state index is 0.0688. The fourth-order valence-corrected chi connectivity index (χ4v) is 2.83. The van der Waals surface area contributed by atoms with E-state index in [0.717, 1.165) is 25.2 Å². The van der Waals surface area contributed by atoms with Crippen LogP contribution in [0.25, 0.3) is 0 Å². The first-order valence-corrected chi connectivity index (χ1v) is 8.45. The van der Waals surface area contributed by atoms with Crippen LogP contribution in [0.2, 0.25) is 0 Å². The Labute approximate surface area is 139 Å². The van der Waals surface area contributed by atoms with Crippen molar-refractivity contribution in [3.05, 3.63) is 24.3 Å². The van der Waals surface area contributed by atoms with Gasteiger partial charge in [0.2, 0.25) is 0 Å². The number of urea groups is 1. The maximum Gasteiger partial charge on any atom is 0.321 e. The van der Waals surface area contributed by atoms with Gasteiger partial charge in [0.15, 0.2) is 0 Å². The molecule has 0 spiro atoms. The van der Waals surface area contributed by atoms with E-state index in [0.29, 0.717) is 0 Å². The molecular weight excluding hydrogens is 290 g/mol. The van der Waals surface area contributed by atoms with Crippen molar-refractivity contribution in [1.82, 2.24) is 4.90 Å². The topological polar surface area (TPSA) is 44.8 Å². The number of rotatable bonds is 4. The predicted molar refractivity (Wildman–Crippen MR) is 95.2 cm³/mol. The third kappa shape index (κ3) is 4.61. The molecule has 3 unspecified atom stereocenters. The number of hydrogen-bond donors (Lipinski definition) is 1. The fourth-order valence-electron chi connectivity index (χ4n) is 2.83. The summed E-state index contributed by atoms with van der Waals surface area (Å²) < 4.78 is 5.77. The number of nitrogens with zero attached hydrogens (tertiary/aromatic N) is 2. The monoisotopic (exact) mass is 319 g/mol. The van der Waals surface area contributed by atoms with Crippen molar-refractivity contribution in [2.45, 2.75) is 52.4 Å². The Kier molecular flexibility index (Phi) is 5.88. The summed E-state index contributed by atoms with van der Waals surface area (Å²) in [6.45, 7) is 10.1. The molecule has 1 aliphatic rings. The van der Waals surface area contributed by atoms with Gasteiger partial charge < -0.3 is 19.9 Å². The second-order valence-corrected chi connectivity index (χ2v) is 6.51. The molecule has 1 aromatic carbocycles. The van der Waals surface area contributed by atoms with Crippen molar-refractivity contribution in [3.63, 3.8) is 0 Å². The third-order valence-electron chi connectivity index (χ3n) is 4.48. The van der Waals surface area contributed by atoms with E-state index in [1.54, 1.807) is 4.90 Å². The molecule has 2 amide bonds. The zero-order chi connectivity index (χ0) is 17.0. The molecule has 1 aromatic rings. The zero-order valence-corrected chi connectivity index (χ0v) is 14.9. The summed E-state index contributed by atoms with van der Waals surface area (Å²) in [4.78, 5) is 16.2. The highest BCUT2D eigenvalue weighted by molar-refractivity contribution is 5.89. The van der Waals surface area contributed by atoms with Gasteiger partial charge >= 0.3 is 6.03 Å². The van der Waals surface area contributed by atoms with Crippen molar-refractivity contribution >= 4 is 17.4 Å².